The molecule has 1 amide bonds. The monoisotopic (exact) mass is 264 g/mol. The predicted molar refractivity (Wildman–Crippen MR) is 76.7 cm³/mol. The van der Waals surface area contributed by atoms with Crippen LogP contribution in [0, 0.1) is 5.92 Å². The van der Waals surface area contributed by atoms with Crippen molar-refractivity contribution in [1.82, 2.24) is 10.6 Å². The Kier molecular flexibility index (Phi) is 15.5. The number of rotatable bonds is 10. The summed E-state index contributed by atoms with van der Waals surface area (Å²) >= 11 is 0. The Morgan fingerprint density at radius 3 is 2.47 bits per heavy atom. The Bertz CT molecular complexity index is 177. The molecule has 0 aromatic heterocycles. The van der Waals surface area contributed by atoms with E-state index < -0.39 is 0 Å². The van der Waals surface area contributed by atoms with Crippen LogP contribution in [0.2, 0.25) is 0 Å². The average molecular weight is 265 g/mol. The predicted octanol–water partition coefficient (Wildman–Crippen LogP) is 2.74. The molecule has 3 nitrogen and oxygen atoms in total. The fourth-order valence-electron chi connectivity index (χ4n) is 1.72. The molecule has 104 valence electrons. The van der Waals surface area contributed by atoms with Crippen LogP contribution in [-0.2, 0) is 4.79 Å². The summed E-state index contributed by atoms with van der Waals surface area (Å²) in [5.74, 6) is 0.860. The lowest BCUT2D eigenvalue weighted by Crippen LogP contribution is -2.29. The maximum atomic E-state index is 11.5. The van der Waals surface area contributed by atoms with E-state index in [1.807, 2.05) is 7.05 Å². The van der Waals surface area contributed by atoms with Crippen LogP contribution in [0.3, 0.4) is 0 Å². The maximum Gasteiger partial charge on any atom is 0.220 e. The zero-order chi connectivity index (χ0) is 12.2. The van der Waals surface area contributed by atoms with E-state index in [0.29, 0.717) is 12.3 Å². The van der Waals surface area contributed by atoms with Crippen molar-refractivity contribution in [3.05, 3.63) is 0 Å². The highest BCUT2D eigenvalue weighted by atomic mass is 35.5. The van der Waals surface area contributed by atoms with Gasteiger partial charge in [-0.05, 0) is 32.4 Å². The van der Waals surface area contributed by atoms with Crippen molar-refractivity contribution in [2.45, 2.75) is 52.4 Å². The molecule has 17 heavy (non-hydrogen) atoms. The highest BCUT2D eigenvalue weighted by Gasteiger charge is 2.07. The van der Waals surface area contributed by atoms with Crippen LogP contribution < -0.4 is 10.6 Å². The summed E-state index contributed by atoms with van der Waals surface area (Å²) in [6, 6.07) is 0. The SMILES string of the molecule is CCCCC(CC)CNC(=O)CCCNC.Cl. The minimum atomic E-state index is 0. The molecule has 0 bridgehead atoms. The van der Waals surface area contributed by atoms with Crippen LogP contribution in [0.15, 0.2) is 0 Å². The van der Waals surface area contributed by atoms with Gasteiger partial charge < -0.3 is 10.6 Å². The van der Waals surface area contributed by atoms with Gasteiger partial charge in [-0.2, -0.15) is 0 Å². The Hall–Kier alpha value is -0.280. The number of carbonyl (C=O) groups excluding carboxylic acids is 1. The van der Waals surface area contributed by atoms with Gasteiger partial charge in [0.15, 0.2) is 0 Å². The van der Waals surface area contributed by atoms with E-state index in [-0.39, 0.29) is 18.3 Å². The Balaban J connectivity index is 0. The van der Waals surface area contributed by atoms with Gasteiger partial charge in [0.05, 0.1) is 0 Å². The first kappa shape index (κ1) is 19.1. The van der Waals surface area contributed by atoms with E-state index >= 15 is 0 Å². The van der Waals surface area contributed by atoms with Crippen molar-refractivity contribution in [3.63, 3.8) is 0 Å². The molecule has 1 atom stereocenters. The smallest absolute Gasteiger partial charge is 0.220 e. The lowest BCUT2D eigenvalue weighted by Gasteiger charge is -2.15. The summed E-state index contributed by atoms with van der Waals surface area (Å²) in [5.41, 5.74) is 0. The number of hydrogen-bond acceptors (Lipinski definition) is 2. The second-order valence-corrected chi connectivity index (χ2v) is 4.43. The highest BCUT2D eigenvalue weighted by molar-refractivity contribution is 5.85. The van der Waals surface area contributed by atoms with Crippen LogP contribution in [0.25, 0.3) is 0 Å². The average Bonchev–Trinajstić information content (AvgIpc) is 2.30. The highest BCUT2D eigenvalue weighted by Crippen LogP contribution is 2.11. The molecule has 0 radical (unpaired) electrons. The second kappa shape index (κ2) is 13.8. The molecule has 0 aliphatic rings. The number of unbranched alkanes of at least 4 members (excludes halogenated alkanes) is 1. The molecule has 0 saturated heterocycles. The molecule has 0 aromatic carbocycles. The summed E-state index contributed by atoms with van der Waals surface area (Å²) in [6.45, 7) is 6.19. The standard InChI is InChI=1S/C13H28N2O.ClH/c1-4-6-8-12(5-2)11-15-13(16)9-7-10-14-3;/h12,14H,4-11H2,1-3H3,(H,15,16);1H. The molecule has 0 aliphatic heterocycles. The third kappa shape index (κ3) is 12.0. The lowest BCUT2D eigenvalue weighted by atomic mass is 9.99. The van der Waals surface area contributed by atoms with E-state index in [1.54, 1.807) is 0 Å². The molecule has 0 rings (SSSR count). The molecule has 0 saturated carbocycles. The minimum Gasteiger partial charge on any atom is -0.356 e. The first-order chi connectivity index (χ1) is 7.74. The molecule has 0 aliphatic carbocycles. The fraction of sp³-hybridized carbons (Fsp3) is 0.923. The largest absolute Gasteiger partial charge is 0.356 e. The maximum absolute atomic E-state index is 11.5. The zero-order valence-corrected chi connectivity index (χ0v) is 12.4. The Morgan fingerprint density at radius 1 is 1.24 bits per heavy atom. The van der Waals surface area contributed by atoms with Crippen molar-refractivity contribution >= 4 is 18.3 Å². The third-order valence-electron chi connectivity index (χ3n) is 2.96. The normalized spacial score (nSPS) is 11.7. The van der Waals surface area contributed by atoms with Gasteiger partial charge in [0.1, 0.15) is 0 Å². The summed E-state index contributed by atoms with van der Waals surface area (Å²) in [6.07, 6.45) is 6.49. The van der Waals surface area contributed by atoms with Gasteiger partial charge in [-0.15, -0.1) is 12.4 Å². The summed E-state index contributed by atoms with van der Waals surface area (Å²) in [5, 5.41) is 6.08. The molecular weight excluding hydrogens is 236 g/mol. The summed E-state index contributed by atoms with van der Waals surface area (Å²) in [4.78, 5) is 11.5. The van der Waals surface area contributed by atoms with Crippen LogP contribution in [0.4, 0.5) is 0 Å². The number of carbonyl (C=O) groups is 1. The van der Waals surface area contributed by atoms with Gasteiger partial charge in [0, 0.05) is 13.0 Å². The number of halogens is 1. The molecular formula is C13H29ClN2O. The topological polar surface area (TPSA) is 41.1 Å². The minimum absolute atomic E-state index is 0. The van der Waals surface area contributed by atoms with Crippen molar-refractivity contribution in [1.29, 1.82) is 0 Å². The van der Waals surface area contributed by atoms with Crippen molar-refractivity contribution < 1.29 is 4.79 Å². The lowest BCUT2D eigenvalue weighted by molar-refractivity contribution is -0.121. The van der Waals surface area contributed by atoms with Gasteiger partial charge in [-0.3, -0.25) is 4.79 Å². The van der Waals surface area contributed by atoms with Gasteiger partial charge in [0.25, 0.3) is 0 Å². The Morgan fingerprint density at radius 2 is 1.94 bits per heavy atom. The van der Waals surface area contributed by atoms with Crippen molar-refractivity contribution in [2.24, 2.45) is 5.92 Å². The van der Waals surface area contributed by atoms with E-state index in [2.05, 4.69) is 24.5 Å². The molecule has 4 heteroatoms. The van der Waals surface area contributed by atoms with Gasteiger partial charge in [-0.25, -0.2) is 0 Å². The molecule has 2 N–H and O–H groups in total. The second-order valence-electron chi connectivity index (χ2n) is 4.43. The molecule has 0 aromatic rings. The summed E-state index contributed by atoms with van der Waals surface area (Å²) < 4.78 is 0. The number of nitrogens with one attached hydrogen (secondary N) is 2. The first-order valence-corrected chi connectivity index (χ1v) is 6.65. The van der Waals surface area contributed by atoms with Crippen LogP contribution in [-0.4, -0.2) is 26.0 Å². The van der Waals surface area contributed by atoms with Crippen LogP contribution in [0.5, 0.6) is 0 Å². The Labute approximate surface area is 113 Å². The van der Waals surface area contributed by atoms with Crippen LogP contribution in [0.1, 0.15) is 52.4 Å². The number of hydrogen-bond donors (Lipinski definition) is 2. The van der Waals surface area contributed by atoms with E-state index in [1.165, 1.54) is 19.3 Å². The van der Waals surface area contributed by atoms with Gasteiger partial charge in [-0.1, -0.05) is 33.1 Å². The molecule has 0 fully saturated rings. The van der Waals surface area contributed by atoms with Crippen LogP contribution >= 0.6 is 12.4 Å². The van der Waals surface area contributed by atoms with Gasteiger partial charge >= 0.3 is 0 Å². The van der Waals surface area contributed by atoms with E-state index in [9.17, 15) is 4.79 Å². The molecule has 1 unspecified atom stereocenters. The van der Waals surface area contributed by atoms with Crippen molar-refractivity contribution in [2.75, 3.05) is 20.1 Å². The number of amides is 1. The first-order valence-electron chi connectivity index (χ1n) is 6.65. The quantitative estimate of drug-likeness (QED) is 0.596. The molecule has 0 spiro atoms. The van der Waals surface area contributed by atoms with Gasteiger partial charge in [0.2, 0.25) is 5.91 Å². The zero-order valence-electron chi connectivity index (χ0n) is 11.6. The van der Waals surface area contributed by atoms with Crippen molar-refractivity contribution in [3.8, 4) is 0 Å². The van der Waals surface area contributed by atoms with E-state index in [4.69, 9.17) is 0 Å². The molecule has 0 heterocycles. The van der Waals surface area contributed by atoms with E-state index in [0.717, 1.165) is 25.9 Å². The summed E-state index contributed by atoms with van der Waals surface area (Å²) in [7, 11) is 1.91. The fourth-order valence-corrected chi connectivity index (χ4v) is 1.72. The third-order valence-corrected chi connectivity index (χ3v) is 2.96.